The summed E-state index contributed by atoms with van der Waals surface area (Å²) in [6.07, 6.45) is 0. The first-order chi connectivity index (χ1) is 6.11. The molecule has 1 aromatic heterocycles. The standard InChI is InChI=1S/C9H13NO2S.ClH/c1-5-7(3-11)8(4-13)9(12)6(2)10-5;/h11-13H,3-4H2,1-2H3;1H. The van der Waals surface area contributed by atoms with Crippen LogP contribution in [0.4, 0.5) is 0 Å². The summed E-state index contributed by atoms with van der Waals surface area (Å²) < 4.78 is 0. The van der Waals surface area contributed by atoms with Gasteiger partial charge in [-0.25, -0.2) is 0 Å². The highest BCUT2D eigenvalue weighted by molar-refractivity contribution is 7.79. The number of halogens is 1. The third kappa shape index (κ3) is 2.32. The van der Waals surface area contributed by atoms with Gasteiger partial charge in [0.2, 0.25) is 0 Å². The number of aliphatic hydroxyl groups excluding tert-OH is 1. The molecule has 0 atom stereocenters. The van der Waals surface area contributed by atoms with E-state index in [2.05, 4.69) is 17.6 Å². The van der Waals surface area contributed by atoms with E-state index in [1.165, 1.54) is 0 Å². The Morgan fingerprint density at radius 2 is 1.79 bits per heavy atom. The van der Waals surface area contributed by atoms with E-state index in [0.717, 1.165) is 5.69 Å². The Kier molecular flexibility index (Phi) is 5.26. The van der Waals surface area contributed by atoms with Crippen molar-refractivity contribution in [2.24, 2.45) is 0 Å². The fraction of sp³-hybridized carbons (Fsp3) is 0.444. The Hall–Kier alpha value is -0.450. The molecule has 80 valence electrons. The zero-order chi connectivity index (χ0) is 10.0. The van der Waals surface area contributed by atoms with Crippen LogP contribution in [0.25, 0.3) is 0 Å². The van der Waals surface area contributed by atoms with Crippen LogP contribution in [0.15, 0.2) is 0 Å². The summed E-state index contributed by atoms with van der Waals surface area (Å²) >= 11 is 4.10. The monoisotopic (exact) mass is 235 g/mol. The van der Waals surface area contributed by atoms with Crippen LogP contribution in [-0.4, -0.2) is 15.2 Å². The van der Waals surface area contributed by atoms with Crippen molar-refractivity contribution in [2.45, 2.75) is 26.2 Å². The van der Waals surface area contributed by atoms with Crippen LogP contribution in [0, 0.1) is 13.8 Å². The van der Waals surface area contributed by atoms with Crippen molar-refractivity contribution in [3.8, 4) is 5.75 Å². The van der Waals surface area contributed by atoms with Gasteiger partial charge in [0.1, 0.15) is 5.75 Å². The molecule has 14 heavy (non-hydrogen) atoms. The van der Waals surface area contributed by atoms with Gasteiger partial charge in [0.05, 0.1) is 12.3 Å². The van der Waals surface area contributed by atoms with Gasteiger partial charge in [-0.3, -0.25) is 4.98 Å². The van der Waals surface area contributed by atoms with Crippen LogP contribution in [0.2, 0.25) is 0 Å². The predicted octanol–water partition coefficient (Wildman–Crippen LogP) is 1.75. The smallest absolute Gasteiger partial charge is 0.141 e. The fourth-order valence-electron chi connectivity index (χ4n) is 1.33. The number of pyridine rings is 1. The lowest BCUT2D eigenvalue weighted by Gasteiger charge is -2.11. The van der Waals surface area contributed by atoms with Crippen LogP contribution in [0.3, 0.4) is 0 Å². The largest absolute Gasteiger partial charge is 0.506 e. The summed E-state index contributed by atoms with van der Waals surface area (Å²) in [5, 5.41) is 18.7. The first-order valence-electron chi connectivity index (χ1n) is 4.01. The number of nitrogens with zero attached hydrogens (tertiary/aromatic N) is 1. The topological polar surface area (TPSA) is 53.4 Å². The van der Waals surface area contributed by atoms with Gasteiger partial charge in [-0.05, 0) is 13.8 Å². The SMILES string of the molecule is Cc1nc(C)c(CO)c(CS)c1O.Cl. The number of thiol groups is 1. The Labute approximate surface area is 95.0 Å². The number of aryl methyl sites for hydroxylation is 2. The molecule has 2 N–H and O–H groups in total. The van der Waals surface area contributed by atoms with Crippen LogP contribution < -0.4 is 0 Å². The van der Waals surface area contributed by atoms with Crippen LogP contribution >= 0.6 is 25.0 Å². The molecule has 0 aliphatic carbocycles. The maximum atomic E-state index is 9.61. The van der Waals surface area contributed by atoms with Gasteiger partial charge in [0.15, 0.2) is 0 Å². The Balaban J connectivity index is 0.00000169. The van der Waals surface area contributed by atoms with Gasteiger partial charge in [-0.15, -0.1) is 12.4 Å². The predicted molar refractivity (Wildman–Crippen MR) is 61.2 cm³/mol. The number of rotatable bonds is 2. The van der Waals surface area contributed by atoms with Gasteiger partial charge in [0, 0.05) is 22.6 Å². The average molecular weight is 236 g/mol. The summed E-state index contributed by atoms with van der Waals surface area (Å²) in [5.41, 5.74) is 2.69. The third-order valence-corrected chi connectivity index (χ3v) is 2.40. The molecule has 0 bridgehead atoms. The van der Waals surface area contributed by atoms with E-state index in [9.17, 15) is 5.11 Å². The van der Waals surface area contributed by atoms with Crippen molar-refractivity contribution in [1.29, 1.82) is 0 Å². The Morgan fingerprint density at radius 3 is 2.21 bits per heavy atom. The molecule has 1 heterocycles. The molecule has 0 aliphatic rings. The van der Waals surface area contributed by atoms with Crippen molar-refractivity contribution < 1.29 is 10.2 Å². The number of aromatic nitrogens is 1. The van der Waals surface area contributed by atoms with Gasteiger partial charge in [-0.1, -0.05) is 0 Å². The summed E-state index contributed by atoms with van der Waals surface area (Å²) in [5.74, 6) is 0.552. The maximum absolute atomic E-state index is 9.61. The molecular weight excluding hydrogens is 222 g/mol. The molecule has 0 spiro atoms. The highest BCUT2D eigenvalue weighted by atomic mass is 35.5. The molecule has 0 unspecified atom stereocenters. The number of aliphatic hydroxyl groups is 1. The van der Waals surface area contributed by atoms with Gasteiger partial charge >= 0.3 is 0 Å². The first-order valence-corrected chi connectivity index (χ1v) is 4.64. The highest BCUT2D eigenvalue weighted by Crippen LogP contribution is 2.27. The van der Waals surface area contributed by atoms with Crippen LogP contribution in [-0.2, 0) is 12.4 Å². The molecule has 0 saturated heterocycles. The Bertz CT molecular complexity index is 331. The van der Waals surface area contributed by atoms with E-state index in [-0.39, 0.29) is 24.8 Å². The lowest BCUT2D eigenvalue weighted by Crippen LogP contribution is -2.01. The van der Waals surface area contributed by atoms with Crippen LogP contribution in [0.5, 0.6) is 5.75 Å². The molecule has 3 nitrogen and oxygen atoms in total. The van der Waals surface area contributed by atoms with Crippen molar-refractivity contribution in [3.05, 3.63) is 22.5 Å². The van der Waals surface area contributed by atoms with E-state index in [1.807, 2.05) is 6.92 Å². The number of hydrogen-bond donors (Lipinski definition) is 3. The molecule has 0 aromatic carbocycles. The molecule has 5 heteroatoms. The molecule has 0 amide bonds. The second-order valence-corrected chi connectivity index (χ2v) is 3.22. The second kappa shape index (κ2) is 5.44. The van der Waals surface area contributed by atoms with E-state index in [0.29, 0.717) is 22.6 Å². The minimum Gasteiger partial charge on any atom is -0.506 e. The molecule has 1 aromatic rings. The summed E-state index contributed by atoms with van der Waals surface area (Å²) in [6.45, 7) is 3.43. The average Bonchev–Trinajstić information content (AvgIpc) is 2.10. The molecule has 0 fully saturated rings. The van der Waals surface area contributed by atoms with Crippen molar-refractivity contribution >= 4 is 25.0 Å². The minimum absolute atomic E-state index is 0. The molecule has 1 rings (SSSR count). The molecule has 0 radical (unpaired) electrons. The summed E-state index contributed by atoms with van der Waals surface area (Å²) in [4.78, 5) is 4.11. The fourth-order valence-corrected chi connectivity index (χ4v) is 1.67. The highest BCUT2D eigenvalue weighted by Gasteiger charge is 2.12. The molecule has 0 aliphatic heterocycles. The second-order valence-electron chi connectivity index (χ2n) is 2.90. The number of aromatic hydroxyl groups is 1. The van der Waals surface area contributed by atoms with Crippen molar-refractivity contribution in [3.63, 3.8) is 0 Å². The molecular formula is C9H14ClNO2S. The van der Waals surface area contributed by atoms with Crippen molar-refractivity contribution in [2.75, 3.05) is 0 Å². The van der Waals surface area contributed by atoms with E-state index in [1.54, 1.807) is 6.92 Å². The normalized spacial score (nSPS) is 9.71. The van der Waals surface area contributed by atoms with Crippen LogP contribution in [0.1, 0.15) is 22.5 Å². The van der Waals surface area contributed by atoms with Gasteiger partial charge in [-0.2, -0.15) is 12.6 Å². The first kappa shape index (κ1) is 13.6. The quantitative estimate of drug-likeness (QED) is 0.685. The number of hydrogen-bond acceptors (Lipinski definition) is 4. The van der Waals surface area contributed by atoms with Gasteiger partial charge < -0.3 is 10.2 Å². The third-order valence-electron chi connectivity index (χ3n) is 2.08. The molecule has 0 saturated carbocycles. The van der Waals surface area contributed by atoms with Crippen molar-refractivity contribution in [1.82, 2.24) is 4.98 Å². The van der Waals surface area contributed by atoms with E-state index < -0.39 is 0 Å². The summed E-state index contributed by atoms with van der Waals surface area (Å²) in [6, 6.07) is 0. The minimum atomic E-state index is -0.109. The zero-order valence-electron chi connectivity index (χ0n) is 8.11. The van der Waals surface area contributed by atoms with E-state index in [4.69, 9.17) is 5.11 Å². The summed E-state index contributed by atoms with van der Waals surface area (Å²) in [7, 11) is 0. The van der Waals surface area contributed by atoms with E-state index >= 15 is 0 Å². The zero-order valence-corrected chi connectivity index (χ0v) is 9.82. The lowest BCUT2D eigenvalue weighted by atomic mass is 10.1. The lowest BCUT2D eigenvalue weighted by molar-refractivity contribution is 0.278. The van der Waals surface area contributed by atoms with Gasteiger partial charge in [0.25, 0.3) is 0 Å². The maximum Gasteiger partial charge on any atom is 0.141 e. The Morgan fingerprint density at radius 1 is 1.21 bits per heavy atom.